The Bertz CT molecular complexity index is 564. The molecule has 0 heterocycles. The van der Waals surface area contributed by atoms with E-state index in [2.05, 4.69) is 5.32 Å². The van der Waals surface area contributed by atoms with E-state index < -0.39 is 24.4 Å². The number of ether oxygens (including phenoxy) is 1. The summed E-state index contributed by atoms with van der Waals surface area (Å²) in [5.41, 5.74) is 0.856. The van der Waals surface area contributed by atoms with Crippen LogP contribution in [0.1, 0.15) is 19.4 Å². The normalized spacial score (nSPS) is 10.7. The van der Waals surface area contributed by atoms with E-state index in [0.717, 1.165) is 10.5 Å². The van der Waals surface area contributed by atoms with Crippen LogP contribution in [-0.4, -0.2) is 30.6 Å². The first-order chi connectivity index (χ1) is 10.4. The fourth-order valence-corrected chi connectivity index (χ4v) is 1.79. The first-order valence-corrected chi connectivity index (χ1v) is 7.97. The third kappa shape index (κ3) is 6.58. The zero-order chi connectivity index (χ0) is 16.5. The third-order valence-electron chi connectivity index (χ3n) is 2.66. The van der Waals surface area contributed by atoms with Gasteiger partial charge in [0.15, 0.2) is 6.61 Å². The van der Waals surface area contributed by atoms with Gasteiger partial charge >= 0.3 is 5.97 Å². The molecule has 1 rings (SSSR count). The van der Waals surface area contributed by atoms with Gasteiger partial charge in [-0.2, -0.15) is 0 Å². The van der Waals surface area contributed by atoms with Crippen molar-refractivity contribution in [1.29, 1.82) is 0 Å². The fraction of sp³-hybridized carbons (Fsp3) is 0.312. The highest BCUT2D eigenvalue weighted by Gasteiger charge is 2.12. The van der Waals surface area contributed by atoms with Crippen LogP contribution in [0.4, 0.5) is 0 Å². The van der Waals surface area contributed by atoms with Crippen LogP contribution < -0.4 is 5.32 Å². The predicted octanol–water partition coefficient (Wildman–Crippen LogP) is 2.26. The number of benzene rings is 1. The number of hydrogen-bond acceptors (Lipinski definition) is 5. The van der Waals surface area contributed by atoms with Gasteiger partial charge in [0.25, 0.3) is 5.91 Å². The lowest BCUT2D eigenvalue weighted by Crippen LogP contribution is -2.36. The van der Waals surface area contributed by atoms with E-state index in [0.29, 0.717) is 0 Å². The van der Waals surface area contributed by atoms with Crippen LogP contribution in [-0.2, 0) is 19.1 Å². The lowest BCUT2D eigenvalue weighted by Gasteiger charge is -2.06. The number of hydrogen-bond donors (Lipinski definition) is 1. The molecular weight excluding hydrogens is 302 g/mol. The van der Waals surface area contributed by atoms with Crippen molar-refractivity contribution in [2.24, 2.45) is 5.92 Å². The molecular formula is C16H19NO4S. The topological polar surface area (TPSA) is 72.5 Å². The smallest absolute Gasteiger partial charge is 0.331 e. The Balaban J connectivity index is 2.40. The summed E-state index contributed by atoms with van der Waals surface area (Å²) in [5.74, 6) is -1.97. The Morgan fingerprint density at radius 3 is 2.41 bits per heavy atom. The highest BCUT2D eigenvalue weighted by molar-refractivity contribution is 7.98. The number of nitrogens with one attached hydrogen (secondary N) is 1. The zero-order valence-corrected chi connectivity index (χ0v) is 13.6. The third-order valence-corrected chi connectivity index (χ3v) is 3.40. The molecule has 0 unspecified atom stereocenters. The number of thioether (sulfide) groups is 1. The molecule has 0 fully saturated rings. The van der Waals surface area contributed by atoms with Crippen LogP contribution >= 0.6 is 11.8 Å². The van der Waals surface area contributed by atoms with Crippen molar-refractivity contribution in [2.45, 2.75) is 18.7 Å². The molecule has 0 aliphatic carbocycles. The fourth-order valence-electron chi connectivity index (χ4n) is 1.38. The van der Waals surface area contributed by atoms with E-state index in [1.807, 2.05) is 30.5 Å². The van der Waals surface area contributed by atoms with E-state index in [1.54, 1.807) is 31.7 Å². The van der Waals surface area contributed by atoms with Crippen molar-refractivity contribution in [1.82, 2.24) is 5.32 Å². The maximum atomic E-state index is 11.5. The maximum absolute atomic E-state index is 11.5. The van der Waals surface area contributed by atoms with Gasteiger partial charge in [0.2, 0.25) is 5.91 Å². The van der Waals surface area contributed by atoms with Crippen LogP contribution in [0.3, 0.4) is 0 Å². The second kappa shape index (κ2) is 9.04. The molecule has 22 heavy (non-hydrogen) atoms. The first-order valence-electron chi connectivity index (χ1n) is 6.75. The molecule has 0 bridgehead atoms. The van der Waals surface area contributed by atoms with Crippen LogP contribution in [0.25, 0.3) is 6.08 Å². The standard InChI is InChI=1S/C16H19NO4S/c1-11(2)16(20)17-14(18)10-21-15(19)9-6-12-4-7-13(22-3)8-5-12/h4-9,11H,10H2,1-3H3,(H,17,18,20). The quantitative estimate of drug-likeness (QED) is 0.494. The van der Waals surface area contributed by atoms with Gasteiger partial charge in [0, 0.05) is 16.9 Å². The van der Waals surface area contributed by atoms with Gasteiger partial charge in [-0.15, -0.1) is 11.8 Å². The highest BCUT2D eigenvalue weighted by atomic mass is 32.2. The van der Waals surface area contributed by atoms with Gasteiger partial charge in [0.05, 0.1) is 0 Å². The van der Waals surface area contributed by atoms with Gasteiger partial charge in [-0.25, -0.2) is 4.79 Å². The van der Waals surface area contributed by atoms with Crippen molar-refractivity contribution >= 4 is 35.6 Å². The number of carbonyl (C=O) groups is 3. The minimum absolute atomic E-state index is 0.302. The first kappa shape index (κ1) is 18.0. The zero-order valence-electron chi connectivity index (χ0n) is 12.8. The summed E-state index contributed by atoms with van der Waals surface area (Å²) in [6, 6.07) is 7.65. The molecule has 0 aliphatic rings. The van der Waals surface area contributed by atoms with Crippen molar-refractivity contribution < 1.29 is 19.1 Å². The molecule has 1 aromatic carbocycles. The summed E-state index contributed by atoms with van der Waals surface area (Å²) in [6.45, 7) is 2.85. The largest absolute Gasteiger partial charge is 0.452 e. The summed E-state index contributed by atoms with van der Waals surface area (Å²) in [7, 11) is 0. The van der Waals surface area contributed by atoms with Gasteiger partial charge in [0.1, 0.15) is 0 Å². The Morgan fingerprint density at radius 1 is 1.23 bits per heavy atom. The summed E-state index contributed by atoms with van der Waals surface area (Å²) in [5, 5.41) is 2.14. The van der Waals surface area contributed by atoms with E-state index >= 15 is 0 Å². The number of imide groups is 1. The Kier molecular flexibility index (Phi) is 7.39. The molecule has 2 amide bonds. The van der Waals surface area contributed by atoms with E-state index in [4.69, 9.17) is 4.74 Å². The van der Waals surface area contributed by atoms with Gasteiger partial charge < -0.3 is 4.74 Å². The van der Waals surface area contributed by atoms with Crippen LogP contribution in [0.2, 0.25) is 0 Å². The molecule has 5 nitrogen and oxygen atoms in total. The number of carbonyl (C=O) groups excluding carboxylic acids is 3. The van der Waals surface area contributed by atoms with E-state index in [9.17, 15) is 14.4 Å². The van der Waals surface area contributed by atoms with E-state index in [1.165, 1.54) is 6.08 Å². The Hall–Kier alpha value is -2.08. The molecule has 0 saturated heterocycles. The number of rotatable bonds is 6. The Labute approximate surface area is 134 Å². The molecule has 0 spiro atoms. The molecule has 1 N–H and O–H groups in total. The molecule has 0 saturated carbocycles. The van der Waals surface area contributed by atoms with Crippen LogP contribution in [0.5, 0.6) is 0 Å². The SMILES string of the molecule is CSc1ccc(C=CC(=O)OCC(=O)NC(=O)C(C)C)cc1. The van der Waals surface area contributed by atoms with Crippen molar-refractivity contribution in [3.8, 4) is 0 Å². The molecule has 0 aliphatic heterocycles. The van der Waals surface area contributed by atoms with Crippen LogP contribution in [0.15, 0.2) is 35.2 Å². The average Bonchev–Trinajstić information content (AvgIpc) is 2.51. The summed E-state index contributed by atoms with van der Waals surface area (Å²) < 4.78 is 4.76. The number of esters is 1. The highest BCUT2D eigenvalue weighted by Crippen LogP contribution is 2.15. The molecule has 1 aromatic rings. The van der Waals surface area contributed by atoms with E-state index in [-0.39, 0.29) is 5.92 Å². The second-order valence-corrected chi connectivity index (χ2v) is 5.66. The Morgan fingerprint density at radius 2 is 1.86 bits per heavy atom. The molecule has 118 valence electrons. The summed E-state index contributed by atoms with van der Waals surface area (Å²) in [6.07, 6.45) is 4.83. The minimum Gasteiger partial charge on any atom is -0.452 e. The van der Waals surface area contributed by atoms with Crippen molar-refractivity contribution in [3.63, 3.8) is 0 Å². The van der Waals surface area contributed by atoms with Crippen molar-refractivity contribution in [3.05, 3.63) is 35.9 Å². The summed E-state index contributed by atoms with van der Waals surface area (Å²) in [4.78, 5) is 35.3. The van der Waals surface area contributed by atoms with Crippen molar-refractivity contribution in [2.75, 3.05) is 12.9 Å². The lowest BCUT2D eigenvalue weighted by atomic mass is 10.2. The maximum Gasteiger partial charge on any atom is 0.331 e. The lowest BCUT2D eigenvalue weighted by molar-refractivity contribution is -0.145. The molecule has 0 radical (unpaired) electrons. The minimum atomic E-state index is -0.638. The van der Waals surface area contributed by atoms with Gasteiger partial charge in [-0.1, -0.05) is 26.0 Å². The monoisotopic (exact) mass is 321 g/mol. The molecule has 0 atom stereocenters. The number of amides is 2. The van der Waals surface area contributed by atoms with Gasteiger partial charge in [-0.05, 0) is 30.0 Å². The second-order valence-electron chi connectivity index (χ2n) is 4.78. The average molecular weight is 321 g/mol. The van der Waals surface area contributed by atoms with Gasteiger partial charge in [-0.3, -0.25) is 14.9 Å². The predicted molar refractivity (Wildman–Crippen MR) is 86.2 cm³/mol. The molecule has 0 aromatic heterocycles. The molecule has 6 heteroatoms. The van der Waals surface area contributed by atoms with Crippen LogP contribution in [0, 0.1) is 5.92 Å². The summed E-state index contributed by atoms with van der Waals surface area (Å²) >= 11 is 1.63.